The molecule has 2 aromatic carbocycles. The standard InChI is InChI=1S/C6H6ClN.C6H6FN/c7-8-6-4-2-1-3-5-6;7-5-1-3-6(8)4-2-5/h1-5,8H;1-4H,8H2. The summed E-state index contributed by atoms with van der Waals surface area (Å²) in [6, 6.07) is 15.3. The Hall–Kier alpha value is -1.74. The number of anilines is 2. The maximum Gasteiger partial charge on any atom is 0.123 e. The van der Waals surface area contributed by atoms with Crippen molar-refractivity contribution in [1.82, 2.24) is 0 Å². The Morgan fingerprint density at radius 2 is 1.50 bits per heavy atom. The van der Waals surface area contributed by atoms with Crippen molar-refractivity contribution in [3.8, 4) is 0 Å². The molecule has 2 aromatic rings. The molecule has 2 rings (SSSR count). The van der Waals surface area contributed by atoms with Crippen LogP contribution in [0.25, 0.3) is 0 Å². The van der Waals surface area contributed by atoms with Crippen molar-refractivity contribution in [2.24, 2.45) is 0 Å². The molecule has 0 spiro atoms. The second-order valence-electron chi connectivity index (χ2n) is 3.01. The van der Waals surface area contributed by atoms with Crippen molar-refractivity contribution in [3.05, 3.63) is 60.4 Å². The maximum atomic E-state index is 12.0. The Morgan fingerprint density at radius 3 is 1.88 bits per heavy atom. The summed E-state index contributed by atoms with van der Waals surface area (Å²) in [4.78, 5) is 2.50. The Balaban J connectivity index is 0.000000160. The average molecular weight is 239 g/mol. The lowest BCUT2D eigenvalue weighted by molar-refractivity contribution is 0.628. The van der Waals surface area contributed by atoms with E-state index in [1.54, 1.807) is 0 Å². The summed E-state index contributed by atoms with van der Waals surface area (Å²) in [6.45, 7) is 0. The minimum atomic E-state index is -0.251. The van der Waals surface area contributed by atoms with E-state index in [1.807, 2.05) is 30.3 Å². The van der Waals surface area contributed by atoms with Crippen molar-refractivity contribution in [1.29, 1.82) is 0 Å². The molecule has 0 radical (unpaired) electrons. The van der Waals surface area contributed by atoms with Gasteiger partial charge in [0.05, 0.1) is 0 Å². The normalized spacial score (nSPS) is 8.88. The molecular weight excluding hydrogens is 227 g/mol. The summed E-state index contributed by atoms with van der Waals surface area (Å²) in [7, 11) is 0. The molecule has 0 aliphatic carbocycles. The van der Waals surface area contributed by atoms with E-state index < -0.39 is 0 Å². The van der Waals surface area contributed by atoms with Gasteiger partial charge in [-0.1, -0.05) is 18.2 Å². The third kappa shape index (κ3) is 4.66. The predicted molar refractivity (Wildman–Crippen MR) is 66.7 cm³/mol. The van der Waals surface area contributed by atoms with E-state index in [0.717, 1.165) is 5.69 Å². The van der Waals surface area contributed by atoms with E-state index in [1.165, 1.54) is 24.3 Å². The molecule has 0 aliphatic rings. The average Bonchev–Trinajstić information content (AvgIpc) is 2.35. The van der Waals surface area contributed by atoms with Crippen LogP contribution in [0.2, 0.25) is 0 Å². The minimum Gasteiger partial charge on any atom is -0.399 e. The zero-order valence-electron chi connectivity index (χ0n) is 8.53. The van der Waals surface area contributed by atoms with Gasteiger partial charge in [0.25, 0.3) is 0 Å². The molecule has 84 valence electrons. The van der Waals surface area contributed by atoms with Gasteiger partial charge in [-0.2, -0.15) is 0 Å². The summed E-state index contributed by atoms with van der Waals surface area (Å²) in [6.07, 6.45) is 0. The van der Waals surface area contributed by atoms with Crippen LogP contribution < -0.4 is 10.6 Å². The van der Waals surface area contributed by atoms with E-state index in [2.05, 4.69) is 4.84 Å². The lowest BCUT2D eigenvalue weighted by Gasteiger charge is -1.91. The second kappa shape index (κ2) is 6.69. The largest absolute Gasteiger partial charge is 0.399 e. The van der Waals surface area contributed by atoms with Gasteiger partial charge in [0.1, 0.15) is 5.82 Å². The Morgan fingerprint density at radius 1 is 0.938 bits per heavy atom. The molecule has 0 unspecified atom stereocenters. The first-order chi connectivity index (χ1) is 7.72. The van der Waals surface area contributed by atoms with Gasteiger partial charge in [-0.05, 0) is 36.4 Å². The molecule has 0 fully saturated rings. The number of benzene rings is 2. The van der Waals surface area contributed by atoms with E-state index in [-0.39, 0.29) is 5.82 Å². The molecule has 0 atom stereocenters. The number of para-hydroxylation sites is 1. The summed E-state index contributed by atoms with van der Waals surface area (Å²) in [5, 5.41) is 0. The van der Waals surface area contributed by atoms with Gasteiger partial charge < -0.3 is 5.73 Å². The molecule has 0 heterocycles. The molecule has 2 nitrogen and oxygen atoms in total. The first kappa shape index (κ1) is 12.3. The highest BCUT2D eigenvalue weighted by atomic mass is 35.5. The van der Waals surface area contributed by atoms with Crippen LogP contribution in [0.1, 0.15) is 0 Å². The molecule has 3 N–H and O–H groups in total. The lowest BCUT2D eigenvalue weighted by Crippen LogP contribution is -1.82. The van der Waals surface area contributed by atoms with Crippen molar-refractivity contribution < 1.29 is 4.39 Å². The zero-order valence-corrected chi connectivity index (χ0v) is 9.29. The summed E-state index contributed by atoms with van der Waals surface area (Å²) in [5.41, 5.74) is 6.77. The number of nitrogens with two attached hydrogens (primary N) is 1. The first-order valence-corrected chi connectivity index (χ1v) is 5.03. The van der Waals surface area contributed by atoms with Crippen molar-refractivity contribution in [2.45, 2.75) is 0 Å². The van der Waals surface area contributed by atoms with Gasteiger partial charge in [0.2, 0.25) is 0 Å². The van der Waals surface area contributed by atoms with Gasteiger partial charge in [-0.15, -0.1) is 0 Å². The Bertz CT molecular complexity index is 382. The van der Waals surface area contributed by atoms with E-state index in [9.17, 15) is 4.39 Å². The fourth-order valence-electron chi connectivity index (χ4n) is 0.964. The van der Waals surface area contributed by atoms with Gasteiger partial charge in [-0.3, -0.25) is 4.84 Å². The van der Waals surface area contributed by atoms with Crippen LogP contribution in [0.4, 0.5) is 15.8 Å². The minimum absolute atomic E-state index is 0.251. The number of hydrogen-bond acceptors (Lipinski definition) is 2. The molecule has 0 amide bonds. The summed E-state index contributed by atoms with van der Waals surface area (Å²) in [5.74, 6) is -0.251. The van der Waals surface area contributed by atoms with Crippen LogP contribution in [0.3, 0.4) is 0 Å². The topological polar surface area (TPSA) is 38.0 Å². The Kier molecular flexibility index (Phi) is 5.16. The quantitative estimate of drug-likeness (QED) is 0.588. The molecule has 0 aliphatic heterocycles. The van der Waals surface area contributed by atoms with Crippen LogP contribution in [-0.2, 0) is 0 Å². The van der Waals surface area contributed by atoms with Gasteiger partial charge >= 0.3 is 0 Å². The van der Waals surface area contributed by atoms with Crippen LogP contribution in [-0.4, -0.2) is 0 Å². The Labute approximate surface area is 99.0 Å². The summed E-state index contributed by atoms with van der Waals surface area (Å²) < 4.78 is 12.0. The second-order valence-corrected chi connectivity index (χ2v) is 3.20. The van der Waals surface area contributed by atoms with Gasteiger partial charge in [0, 0.05) is 23.2 Å². The monoisotopic (exact) mass is 238 g/mol. The molecule has 0 saturated heterocycles. The highest BCUT2D eigenvalue weighted by Crippen LogP contribution is 2.04. The smallest absolute Gasteiger partial charge is 0.123 e. The third-order valence-electron chi connectivity index (χ3n) is 1.75. The lowest BCUT2D eigenvalue weighted by atomic mass is 10.3. The highest BCUT2D eigenvalue weighted by molar-refractivity contribution is 6.23. The van der Waals surface area contributed by atoms with Crippen molar-refractivity contribution in [2.75, 3.05) is 10.6 Å². The van der Waals surface area contributed by atoms with Crippen LogP contribution in [0.5, 0.6) is 0 Å². The van der Waals surface area contributed by atoms with Gasteiger partial charge in [-0.25, -0.2) is 4.39 Å². The number of halogens is 2. The maximum absolute atomic E-state index is 12.0. The molecule has 0 aromatic heterocycles. The molecule has 0 saturated carbocycles. The number of nitrogen functional groups attached to an aromatic ring is 1. The molecule has 0 bridgehead atoms. The fourth-order valence-corrected chi connectivity index (χ4v) is 1.09. The molecule has 16 heavy (non-hydrogen) atoms. The van der Waals surface area contributed by atoms with Crippen LogP contribution in [0, 0.1) is 5.82 Å². The van der Waals surface area contributed by atoms with Crippen LogP contribution in [0.15, 0.2) is 54.6 Å². The van der Waals surface area contributed by atoms with Crippen molar-refractivity contribution >= 4 is 23.2 Å². The molecule has 4 heteroatoms. The number of rotatable bonds is 1. The predicted octanol–water partition coefficient (Wildman–Crippen LogP) is 3.66. The zero-order chi connectivity index (χ0) is 11.8. The first-order valence-electron chi connectivity index (χ1n) is 4.65. The fraction of sp³-hybridized carbons (Fsp3) is 0. The highest BCUT2D eigenvalue weighted by Gasteiger charge is 1.84. The van der Waals surface area contributed by atoms with Gasteiger partial charge in [0.15, 0.2) is 0 Å². The van der Waals surface area contributed by atoms with Crippen LogP contribution >= 0.6 is 11.8 Å². The van der Waals surface area contributed by atoms with E-state index in [0.29, 0.717) is 5.69 Å². The number of nitrogens with one attached hydrogen (secondary N) is 1. The van der Waals surface area contributed by atoms with E-state index >= 15 is 0 Å². The SMILES string of the molecule is ClNc1ccccc1.Nc1ccc(F)cc1. The molecular formula is C12H12ClFN2. The van der Waals surface area contributed by atoms with E-state index in [4.69, 9.17) is 17.5 Å². The number of hydrogen-bond donors (Lipinski definition) is 2. The van der Waals surface area contributed by atoms with Crippen molar-refractivity contribution in [3.63, 3.8) is 0 Å². The summed E-state index contributed by atoms with van der Waals surface area (Å²) >= 11 is 5.28. The third-order valence-corrected chi connectivity index (χ3v) is 1.97.